The lowest BCUT2D eigenvalue weighted by molar-refractivity contribution is -0.384. The third-order valence-electron chi connectivity index (χ3n) is 4.31. The molecule has 28 heavy (non-hydrogen) atoms. The molecule has 6 nitrogen and oxygen atoms in total. The third-order valence-corrected chi connectivity index (χ3v) is 6.42. The second-order valence-electron chi connectivity index (χ2n) is 6.05. The summed E-state index contributed by atoms with van der Waals surface area (Å²) in [6, 6.07) is 6.38. The number of nitro benzene ring substituents is 1. The summed E-state index contributed by atoms with van der Waals surface area (Å²) in [6.07, 6.45) is -4.64. The van der Waals surface area contributed by atoms with Crippen LogP contribution in [0.15, 0.2) is 39.9 Å². The topological polar surface area (TPSA) is 66.7 Å². The maximum atomic E-state index is 12.8. The highest BCUT2D eigenvalue weighted by Crippen LogP contribution is 2.36. The van der Waals surface area contributed by atoms with E-state index in [2.05, 4.69) is 0 Å². The van der Waals surface area contributed by atoms with Crippen LogP contribution in [-0.2, 0) is 11.0 Å². The van der Waals surface area contributed by atoms with Gasteiger partial charge in [-0.2, -0.15) is 13.2 Å². The Morgan fingerprint density at radius 2 is 1.93 bits per heavy atom. The molecule has 0 radical (unpaired) electrons. The van der Waals surface area contributed by atoms with Crippen LogP contribution in [-0.4, -0.2) is 47.7 Å². The maximum absolute atomic E-state index is 12.8. The Balaban J connectivity index is 1.64. The van der Waals surface area contributed by atoms with Crippen molar-refractivity contribution in [1.29, 1.82) is 0 Å². The summed E-state index contributed by atoms with van der Waals surface area (Å²) in [5, 5.41) is 13.2. The first-order valence-corrected chi connectivity index (χ1v) is 10.2. The van der Waals surface area contributed by atoms with E-state index in [4.69, 9.17) is 0 Å². The van der Waals surface area contributed by atoms with Crippen molar-refractivity contribution >= 4 is 40.4 Å². The van der Waals surface area contributed by atoms with Crippen molar-refractivity contribution < 1.29 is 22.9 Å². The van der Waals surface area contributed by atoms with E-state index in [9.17, 15) is 28.1 Å². The number of amides is 1. The van der Waals surface area contributed by atoms with E-state index >= 15 is 0 Å². The number of hydrogen-bond donors (Lipinski definition) is 0. The fraction of sp³-hybridized carbons (Fsp3) is 0.353. The van der Waals surface area contributed by atoms with Gasteiger partial charge in [0.05, 0.1) is 20.4 Å². The van der Waals surface area contributed by atoms with Gasteiger partial charge in [0.25, 0.3) is 5.69 Å². The molecule has 11 heteroatoms. The van der Waals surface area contributed by atoms with Gasteiger partial charge in [-0.25, -0.2) is 0 Å². The Morgan fingerprint density at radius 1 is 1.21 bits per heavy atom. The first-order valence-electron chi connectivity index (χ1n) is 8.30. The minimum Gasteiger partial charge on any atom is -0.362 e. The summed E-state index contributed by atoms with van der Waals surface area (Å²) in [5.74, 6) is 0.279. The number of nitrogens with zero attached hydrogens (tertiary/aromatic N) is 3. The molecule has 0 bridgehead atoms. The SMILES string of the molecule is O=C(CSc1cccs1)N1CCN(c2ccc(C(F)(F)F)cc2[N+](=O)[O-])CC1. The van der Waals surface area contributed by atoms with Gasteiger partial charge in [-0.1, -0.05) is 6.07 Å². The van der Waals surface area contributed by atoms with E-state index in [1.165, 1.54) is 11.8 Å². The predicted octanol–water partition coefficient (Wildman–Crippen LogP) is 4.12. The molecule has 3 rings (SSSR count). The minimum absolute atomic E-state index is 0.0278. The summed E-state index contributed by atoms with van der Waals surface area (Å²) in [6.45, 7) is 1.37. The first kappa shape index (κ1) is 20.5. The van der Waals surface area contributed by atoms with Crippen LogP contribution in [0.5, 0.6) is 0 Å². The molecule has 0 spiro atoms. The maximum Gasteiger partial charge on any atom is 0.416 e. The number of anilines is 1. The fourth-order valence-corrected chi connectivity index (χ4v) is 4.57. The zero-order valence-electron chi connectivity index (χ0n) is 14.5. The van der Waals surface area contributed by atoms with Crippen LogP contribution >= 0.6 is 23.1 Å². The molecule has 0 aliphatic carbocycles. The van der Waals surface area contributed by atoms with Gasteiger partial charge in [-0.15, -0.1) is 23.1 Å². The van der Waals surface area contributed by atoms with Gasteiger partial charge >= 0.3 is 6.18 Å². The van der Waals surface area contributed by atoms with E-state index in [-0.39, 0.29) is 11.6 Å². The summed E-state index contributed by atoms with van der Waals surface area (Å²) < 4.78 is 39.6. The molecule has 1 aliphatic heterocycles. The van der Waals surface area contributed by atoms with Gasteiger partial charge in [-0.3, -0.25) is 14.9 Å². The van der Waals surface area contributed by atoms with Crippen molar-refractivity contribution in [1.82, 2.24) is 4.90 Å². The normalized spacial score (nSPS) is 15.0. The Bertz CT molecular complexity index is 851. The Kier molecular flexibility index (Phi) is 6.14. The van der Waals surface area contributed by atoms with Gasteiger partial charge in [0.15, 0.2) is 0 Å². The van der Waals surface area contributed by atoms with Crippen LogP contribution in [0.25, 0.3) is 0 Å². The number of piperazine rings is 1. The molecule has 1 fully saturated rings. The number of hydrogen-bond acceptors (Lipinski definition) is 6. The number of carbonyl (C=O) groups is 1. The molecule has 0 unspecified atom stereocenters. The molecular formula is C17H16F3N3O3S2. The average Bonchev–Trinajstić information content (AvgIpc) is 3.18. The largest absolute Gasteiger partial charge is 0.416 e. The standard InChI is InChI=1S/C17H16F3N3O3S2/c18-17(19,20)12-3-4-13(14(10-12)23(25)26)21-5-7-22(8-6-21)15(24)11-28-16-2-1-9-27-16/h1-4,9-10H,5-8,11H2. The Morgan fingerprint density at radius 3 is 2.50 bits per heavy atom. The monoisotopic (exact) mass is 431 g/mol. The van der Waals surface area contributed by atoms with Crippen LogP contribution < -0.4 is 4.90 Å². The van der Waals surface area contributed by atoms with Gasteiger partial charge < -0.3 is 9.80 Å². The van der Waals surface area contributed by atoms with Crippen molar-refractivity contribution in [2.24, 2.45) is 0 Å². The van der Waals surface area contributed by atoms with Crippen molar-refractivity contribution in [3.63, 3.8) is 0 Å². The van der Waals surface area contributed by atoms with Crippen LogP contribution in [0.3, 0.4) is 0 Å². The second-order valence-corrected chi connectivity index (χ2v) is 8.27. The van der Waals surface area contributed by atoms with Crippen molar-refractivity contribution in [3.8, 4) is 0 Å². The number of nitro groups is 1. The molecule has 0 saturated carbocycles. The molecular weight excluding hydrogens is 415 g/mol. The minimum atomic E-state index is -4.64. The Labute approximate surface area is 167 Å². The first-order chi connectivity index (χ1) is 13.3. The smallest absolute Gasteiger partial charge is 0.362 e. The fourth-order valence-electron chi connectivity index (χ4n) is 2.88. The van der Waals surface area contributed by atoms with Gasteiger partial charge in [0.2, 0.25) is 5.91 Å². The quantitative estimate of drug-likeness (QED) is 0.405. The summed E-state index contributed by atoms with van der Waals surface area (Å²) in [4.78, 5) is 26.1. The molecule has 1 aromatic carbocycles. The van der Waals surface area contributed by atoms with Crippen molar-refractivity contribution in [2.75, 3.05) is 36.8 Å². The third kappa shape index (κ3) is 4.76. The van der Waals surface area contributed by atoms with E-state index in [1.54, 1.807) is 21.1 Å². The molecule has 0 N–H and O–H groups in total. The molecule has 150 valence electrons. The Hall–Kier alpha value is -2.27. The highest BCUT2D eigenvalue weighted by atomic mass is 32.2. The average molecular weight is 431 g/mol. The lowest BCUT2D eigenvalue weighted by atomic mass is 10.1. The molecule has 2 aromatic rings. The highest BCUT2D eigenvalue weighted by Gasteiger charge is 2.34. The molecule has 0 atom stereocenters. The van der Waals surface area contributed by atoms with Crippen LogP contribution in [0, 0.1) is 10.1 Å². The van der Waals surface area contributed by atoms with Crippen molar-refractivity contribution in [2.45, 2.75) is 10.4 Å². The number of benzene rings is 1. The van der Waals surface area contributed by atoms with Gasteiger partial charge in [0, 0.05) is 32.2 Å². The molecule has 1 aliphatic rings. The number of thiophene rings is 1. The van der Waals surface area contributed by atoms with E-state index < -0.39 is 22.4 Å². The van der Waals surface area contributed by atoms with Crippen molar-refractivity contribution in [3.05, 3.63) is 51.4 Å². The number of thioether (sulfide) groups is 1. The number of alkyl halides is 3. The number of carbonyl (C=O) groups excluding carboxylic acids is 1. The van der Waals surface area contributed by atoms with Gasteiger partial charge in [-0.05, 0) is 23.6 Å². The highest BCUT2D eigenvalue weighted by molar-refractivity contribution is 8.01. The zero-order chi connectivity index (χ0) is 20.3. The summed E-state index contributed by atoms with van der Waals surface area (Å²) >= 11 is 3.01. The van der Waals surface area contributed by atoms with E-state index in [0.29, 0.717) is 38.0 Å². The van der Waals surface area contributed by atoms with Gasteiger partial charge in [0.1, 0.15) is 5.69 Å². The van der Waals surface area contributed by atoms with Crippen LogP contribution in [0.4, 0.5) is 24.5 Å². The van der Waals surface area contributed by atoms with E-state index in [0.717, 1.165) is 16.3 Å². The predicted molar refractivity (Wildman–Crippen MR) is 102 cm³/mol. The van der Waals surface area contributed by atoms with E-state index in [1.807, 2.05) is 17.5 Å². The van der Waals surface area contributed by atoms with Crippen LogP contribution in [0.1, 0.15) is 5.56 Å². The lowest BCUT2D eigenvalue weighted by Gasteiger charge is -2.35. The lowest BCUT2D eigenvalue weighted by Crippen LogP contribution is -2.49. The molecule has 1 amide bonds. The molecule has 1 aromatic heterocycles. The number of halogens is 3. The number of rotatable bonds is 5. The summed E-state index contributed by atoms with van der Waals surface area (Å²) in [7, 11) is 0. The van der Waals surface area contributed by atoms with Crippen LogP contribution in [0.2, 0.25) is 0 Å². The molecule has 2 heterocycles. The summed E-state index contributed by atoms with van der Waals surface area (Å²) in [5.41, 5.74) is -1.50. The zero-order valence-corrected chi connectivity index (χ0v) is 16.1. The second kappa shape index (κ2) is 8.39. The molecule has 1 saturated heterocycles.